The molecule has 0 radical (unpaired) electrons. The molecule has 2 rings (SSSR count). The van der Waals surface area contributed by atoms with E-state index in [0.717, 1.165) is 11.1 Å². The van der Waals surface area contributed by atoms with Gasteiger partial charge in [0, 0.05) is 18.2 Å². The molecule has 0 atom stereocenters. The van der Waals surface area contributed by atoms with E-state index in [9.17, 15) is 4.39 Å². The number of nitrogens with zero attached hydrogens (tertiary/aromatic N) is 2. The second kappa shape index (κ2) is 3.63. The van der Waals surface area contributed by atoms with Gasteiger partial charge in [0.2, 0.25) is 0 Å². The van der Waals surface area contributed by atoms with Crippen LogP contribution < -0.4 is 5.73 Å². The summed E-state index contributed by atoms with van der Waals surface area (Å²) >= 11 is 0. The maximum absolute atomic E-state index is 13.8. The van der Waals surface area contributed by atoms with Gasteiger partial charge in [-0.1, -0.05) is 6.07 Å². The fourth-order valence-corrected chi connectivity index (χ4v) is 1.71. The van der Waals surface area contributed by atoms with Crippen molar-refractivity contribution in [2.45, 2.75) is 13.8 Å². The number of benzene rings is 1. The van der Waals surface area contributed by atoms with Crippen LogP contribution in [-0.2, 0) is 7.05 Å². The van der Waals surface area contributed by atoms with Gasteiger partial charge < -0.3 is 5.73 Å². The van der Waals surface area contributed by atoms with E-state index >= 15 is 0 Å². The SMILES string of the molecule is Cc1ccc(-c2nn(C)c(N)c2C)c(F)c1. The van der Waals surface area contributed by atoms with Gasteiger partial charge in [-0.25, -0.2) is 4.39 Å². The minimum atomic E-state index is -0.263. The van der Waals surface area contributed by atoms with Gasteiger partial charge in [0.05, 0.1) is 0 Å². The molecule has 84 valence electrons. The van der Waals surface area contributed by atoms with Gasteiger partial charge in [0.25, 0.3) is 0 Å². The third-order valence-corrected chi connectivity index (χ3v) is 2.72. The van der Waals surface area contributed by atoms with E-state index in [1.165, 1.54) is 6.07 Å². The summed E-state index contributed by atoms with van der Waals surface area (Å²) in [6, 6.07) is 5.10. The Morgan fingerprint density at radius 3 is 2.50 bits per heavy atom. The molecule has 0 aliphatic heterocycles. The summed E-state index contributed by atoms with van der Waals surface area (Å²) in [4.78, 5) is 0. The van der Waals surface area contributed by atoms with Gasteiger partial charge >= 0.3 is 0 Å². The molecule has 0 spiro atoms. The van der Waals surface area contributed by atoms with Crippen LogP contribution in [0.2, 0.25) is 0 Å². The van der Waals surface area contributed by atoms with Gasteiger partial charge in [-0.05, 0) is 31.5 Å². The van der Waals surface area contributed by atoms with Crippen LogP contribution in [0.25, 0.3) is 11.3 Å². The van der Waals surface area contributed by atoms with Gasteiger partial charge in [-0.3, -0.25) is 4.68 Å². The lowest BCUT2D eigenvalue weighted by Gasteiger charge is -2.01. The number of halogens is 1. The van der Waals surface area contributed by atoms with E-state index in [-0.39, 0.29) is 5.82 Å². The van der Waals surface area contributed by atoms with Crippen molar-refractivity contribution in [1.82, 2.24) is 9.78 Å². The molecule has 0 unspecified atom stereocenters. The summed E-state index contributed by atoms with van der Waals surface area (Å²) in [6.07, 6.45) is 0. The van der Waals surface area contributed by atoms with Crippen molar-refractivity contribution < 1.29 is 4.39 Å². The zero-order chi connectivity index (χ0) is 11.9. The van der Waals surface area contributed by atoms with Crippen molar-refractivity contribution in [2.75, 3.05) is 5.73 Å². The molecular weight excluding hydrogens is 205 g/mol. The zero-order valence-electron chi connectivity index (χ0n) is 9.58. The number of hydrogen-bond acceptors (Lipinski definition) is 2. The summed E-state index contributed by atoms with van der Waals surface area (Å²) < 4.78 is 15.3. The molecule has 0 amide bonds. The van der Waals surface area contributed by atoms with Crippen molar-refractivity contribution in [1.29, 1.82) is 0 Å². The monoisotopic (exact) mass is 219 g/mol. The van der Waals surface area contributed by atoms with Crippen LogP contribution in [0.3, 0.4) is 0 Å². The molecule has 0 aliphatic carbocycles. The average molecular weight is 219 g/mol. The lowest BCUT2D eigenvalue weighted by atomic mass is 10.1. The molecule has 0 saturated carbocycles. The Balaban J connectivity index is 2.63. The largest absolute Gasteiger partial charge is 0.384 e. The number of nitrogen functional groups attached to an aromatic ring is 1. The summed E-state index contributed by atoms with van der Waals surface area (Å²) in [5.41, 5.74) is 8.60. The third-order valence-electron chi connectivity index (χ3n) is 2.72. The van der Waals surface area contributed by atoms with E-state index < -0.39 is 0 Å². The summed E-state index contributed by atoms with van der Waals surface area (Å²) in [5.74, 6) is 0.302. The first kappa shape index (κ1) is 10.7. The summed E-state index contributed by atoms with van der Waals surface area (Å²) in [5, 5.41) is 4.22. The highest BCUT2D eigenvalue weighted by molar-refractivity contribution is 5.68. The number of aromatic nitrogens is 2. The number of anilines is 1. The maximum atomic E-state index is 13.8. The molecule has 1 aromatic carbocycles. The number of nitrogens with two attached hydrogens (primary N) is 1. The molecular formula is C12H14FN3. The van der Waals surface area contributed by atoms with E-state index in [2.05, 4.69) is 5.10 Å². The number of aryl methyl sites for hydroxylation is 2. The minimum Gasteiger partial charge on any atom is -0.384 e. The Kier molecular flexibility index (Phi) is 2.42. The number of rotatable bonds is 1. The van der Waals surface area contributed by atoms with Crippen LogP contribution in [-0.4, -0.2) is 9.78 Å². The first-order valence-electron chi connectivity index (χ1n) is 5.06. The van der Waals surface area contributed by atoms with Crippen LogP contribution in [0.4, 0.5) is 10.2 Å². The predicted octanol–water partition coefficient (Wildman–Crippen LogP) is 2.43. The molecule has 4 heteroatoms. The highest BCUT2D eigenvalue weighted by atomic mass is 19.1. The normalized spacial score (nSPS) is 10.8. The van der Waals surface area contributed by atoms with Crippen LogP contribution in [0, 0.1) is 19.7 Å². The van der Waals surface area contributed by atoms with Gasteiger partial charge in [0.1, 0.15) is 17.3 Å². The Hall–Kier alpha value is -1.84. The quantitative estimate of drug-likeness (QED) is 0.800. The highest BCUT2D eigenvalue weighted by Gasteiger charge is 2.14. The third kappa shape index (κ3) is 1.56. The standard InChI is InChI=1S/C12H14FN3/c1-7-4-5-9(10(13)6-7)11-8(2)12(14)16(3)15-11/h4-6H,14H2,1-3H3. The Morgan fingerprint density at radius 1 is 1.31 bits per heavy atom. The average Bonchev–Trinajstić information content (AvgIpc) is 2.46. The van der Waals surface area contributed by atoms with E-state index in [4.69, 9.17) is 5.73 Å². The predicted molar refractivity (Wildman–Crippen MR) is 62.5 cm³/mol. The van der Waals surface area contributed by atoms with Crippen molar-refractivity contribution >= 4 is 5.82 Å². The van der Waals surface area contributed by atoms with Crippen molar-refractivity contribution in [3.8, 4) is 11.3 Å². The van der Waals surface area contributed by atoms with Crippen LogP contribution in [0.5, 0.6) is 0 Å². The first-order valence-corrected chi connectivity index (χ1v) is 5.06. The van der Waals surface area contributed by atoms with E-state index in [0.29, 0.717) is 17.1 Å². The molecule has 0 fully saturated rings. The van der Waals surface area contributed by atoms with Gasteiger partial charge in [0.15, 0.2) is 0 Å². The molecule has 0 saturated heterocycles. The van der Waals surface area contributed by atoms with Crippen molar-refractivity contribution in [3.05, 3.63) is 35.1 Å². The lowest BCUT2D eigenvalue weighted by molar-refractivity contribution is 0.628. The summed E-state index contributed by atoms with van der Waals surface area (Å²) in [6.45, 7) is 3.70. The first-order chi connectivity index (χ1) is 7.50. The zero-order valence-corrected chi connectivity index (χ0v) is 9.58. The van der Waals surface area contributed by atoms with Gasteiger partial charge in [-0.2, -0.15) is 5.10 Å². The molecule has 1 aromatic heterocycles. The van der Waals surface area contributed by atoms with Crippen molar-refractivity contribution in [2.24, 2.45) is 7.05 Å². The minimum absolute atomic E-state index is 0.263. The fourth-order valence-electron chi connectivity index (χ4n) is 1.71. The highest BCUT2D eigenvalue weighted by Crippen LogP contribution is 2.28. The molecule has 3 nitrogen and oxygen atoms in total. The molecule has 16 heavy (non-hydrogen) atoms. The molecule has 0 bridgehead atoms. The molecule has 2 N–H and O–H groups in total. The van der Waals surface area contributed by atoms with Crippen molar-refractivity contribution in [3.63, 3.8) is 0 Å². The maximum Gasteiger partial charge on any atom is 0.132 e. The second-order valence-corrected chi connectivity index (χ2v) is 3.97. The molecule has 2 aromatic rings. The van der Waals surface area contributed by atoms with Gasteiger partial charge in [-0.15, -0.1) is 0 Å². The fraction of sp³-hybridized carbons (Fsp3) is 0.250. The Morgan fingerprint density at radius 2 is 2.00 bits per heavy atom. The van der Waals surface area contributed by atoms with E-state index in [1.807, 2.05) is 19.9 Å². The van der Waals surface area contributed by atoms with Crippen LogP contribution in [0.15, 0.2) is 18.2 Å². The van der Waals surface area contributed by atoms with Crippen LogP contribution in [0.1, 0.15) is 11.1 Å². The topological polar surface area (TPSA) is 43.8 Å². The summed E-state index contributed by atoms with van der Waals surface area (Å²) in [7, 11) is 1.75. The smallest absolute Gasteiger partial charge is 0.132 e. The second-order valence-electron chi connectivity index (χ2n) is 3.97. The number of hydrogen-bond donors (Lipinski definition) is 1. The lowest BCUT2D eigenvalue weighted by Crippen LogP contribution is -1.97. The Labute approximate surface area is 93.7 Å². The Bertz CT molecular complexity index is 543. The van der Waals surface area contributed by atoms with E-state index in [1.54, 1.807) is 17.8 Å². The molecule has 1 heterocycles. The molecule has 0 aliphatic rings. The van der Waals surface area contributed by atoms with Crippen LogP contribution >= 0.6 is 0 Å².